The average molecular weight is 326 g/mol. The second-order valence-corrected chi connectivity index (χ2v) is 7.00. The summed E-state index contributed by atoms with van der Waals surface area (Å²) in [6.07, 6.45) is 0. The van der Waals surface area contributed by atoms with E-state index in [4.69, 9.17) is 4.18 Å². The Hall–Kier alpha value is -1.86. The number of esters is 1. The van der Waals surface area contributed by atoms with Crippen molar-refractivity contribution >= 4 is 27.4 Å². The van der Waals surface area contributed by atoms with E-state index in [2.05, 4.69) is 4.74 Å². The molecule has 0 bridgehead atoms. The maximum atomic E-state index is 12.2. The lowest BCUT2D eigenvalue weighted by Gasteiger charge is -2.08. The van der Waals surface area contributed by atoms with Crippen molar-refractivity contribution in [1.82, 2.24) is 0 Å². The van der Waals surface area contributed by atoms with Gasteiger partial charge in [0.2, 0.25) is 0 Å². The lowest BCUT2D eigenvalue weighted by Crippen LogP contribution is -2.12. The topological polar surface area (TPSA) is 69.7 Å². The summed E-state index contributed by atoms with van der Waals surface area (Å²) in [6.45, 7) is 3.55. The van der Waals surface area contributed by atoms with Crippen molar-refractivity contribution in [3.8, 4) is 5.75 Å². The zero-order valence-electron chi connectivity index (χ0n) is 11.7. The predicted molar refractivity (Wildman–Crippen MR) is 79.4 cm³/mol. The maximum absolute atomic E-state index is 12.2. The summed E-state index contributed by atoms with van der Waals surface area (Å²) < 4.78 is 34.2. The van der Waals surface area contributed by atoms with E-state index in [1.807, 2.05) is 6.92 Å². The number of hydrogen-bond acceptors (Lipinski definition) is 6. The molecule has 0 N–H and O–H groups in total. The molecule has 0 fully saturated rings. The Morgan fingerprint density at radius 2 is 1.76 bits per heavy atom. The first-order valence-electron chi connectivity index (χ1n) is 6.02. The molecule has 0 saturated carbocycles. The van der Waals surface area contributed by atoms with Gasteiger partial charge in [-0.05, 0) is 26.0 Å². The highest BCUT2D eigenvalue weighted by Gasteiger charge is 2.24. The van der Waals surface area contributed by atoms with Gasteiger partial charge < -0.3 is 8.92 Å². The molecule has 2 rings (SSSR count). The SMILES string of the molecule is COC(=O)c1c(OS(=O)(=O)c2ccc(C)cc2)csc1C. The number of ether oxygens (including phenoxy) is 1. The van der Waals surface area contributed by atoms with Crippen LogP contribution in [0.5, 0.6) is 5.75 Å². The fraction of sp³-hybridized carbons (Fsp3) is 0.214. The number of rotatable bonds is 4. The van der Waals surface area contributed by atoms with Gasteiger partial charge in [0.15, 0.2) is 5.75 Å². The van der Waals surface area contributed by atoms with Gasteiger partial charge >= 0.3 is 16.1 Å². The molecular weight excluding hydrogens is 312 g/mol. The molecule has 21 heavy (non-hydrogen) atoms. The molecule has 0 spiro atoms. The molecule has 0 radical (unpaired) electrons. The standard InChI is InChI=1S/C14H14O5S2/c1-9-4-6-11(7-5-9)21(16,17)19-12-8-20-10(2)13(12)14(15)18-3/h4-8H,1-3H3. The lowest BCUT2D eigenvalue weighted by molar-refractivity contribution is 0.0599. The van der Waals surface area contributed by atoms with Crippen LogP contribution in [0.3, 0.4) is 0 Å². The molecule has 0 amide bonds. The first kappa shape index (κ1) is 15.5. The Labute approximate surface area is 127 Å². The van der Waals surface area contributed by atoms with E-state index in [-0.39, 0.29) is 16.2 Å². The van der Waals surface area contributed by atoms with Gasteiger partial charge in [-0.2, -0.15) is 8.42 Å². The third-order valence-corrected chi connectivity index (χ3v) is 4.98. The molecule has 0 aliphatic carbocycles. The quantitative estimate of drug-likeness (QED) is 0.638. The molecule has 7 heteroatoms. The van der Waals surface area contributed by atoms with Gasteiger partial charge in [-0.3, -0.25) is 0 Å². The number of hydrogen-bond donors (Lipinski definition) is 0. The van der Waals surface area contributed by atoms with Crippen molar-refractivity contribution in [2.45, 2.75) is 18.7 Å². The van der Waals surface area contributed by atoms with Gasteiger partial charge in [-0.15, -0.1) is 11.3 Å². The van der Waals surface area contributed by atoms with Crippen LogP contribution in [-0.2, 0) is 14.9 Å². The van der Waals surface area contributed by atoms with Crippen molar-refractivity contribution in [3.63, 3.8) is 0 Å². The molecule has 0 unspecified atom stereocenters. The summed E-state index contributed by atoms with van der Waals surface area (Å²) in [7, 11) is -2.75. The number of aryl methyl sites for hydroxylation is 2. The predicted octanol–water partition coefficient (Wildman–Crippen LogP) is 2.92. The van der Waals surface area contributed by atoms with Crippen LogP contribution in [0.2, 0.25) is 0 Å². The molecule has 0 saturated heterocycles. The molecule has 1 heterocycles. The van der Waals surface area contributed by atoms with Gasteiger partial charge in [-0.25, -0.2) is 4.79 Å². The molecule has 0 aliphatic rings. The number of methoxy groups -OCH3 is 1. The van der Waals surface area contributed by atoms with Crippen LogP contribution in [0.15, 0.2) is 34.5 Å². The molecule has 0 atom stereocenters. The molecule has 0 aliphatic heterocycles. The fourth-order valence-electron chi connectivity index (χ4n) is 1.71. The molecule has 5 nitrogen and oxygen atoms in total. The van der Waals surface area contributed by atoms with E-state index in [0.29, 0.717) is 4.88 Å². The first-order valence-corrected chi connectivity index (χ1v) is 8.31. The summed E-state index contributed by atoms with van der Waals surface area (Å²) >= 11 is 1.22. The fourth-order valence-corrected chi connectivity index (χ4v) is 3.46. The Morgan fingerprint density at radius 3 is 2.33 bits per heavy atom. The van der Waals surface area contributed by atoms with Crippen LogP contribution in [0.4, 0.5) is 0 Å². The van der Waals surface area contributed by atoms with E-state index in [9.17, 15) is 13.2 Å². The minimum Gasteiger partial charge on any atom is -0.465 e. The van der Waals surface area contributed by atoms with E-state index < -0.39 is 16.1 Å². The smallest absolute Gasteiger partial charge is 0.342 e. The highest BCUT2D eigenvalue weighted by atomic mass is 32.2. The van der Waals surface area contributed by atoms with Crippen LogP contribution >= 0.6 is 11.3 Å². The minimum atomic E-state index is -3.98. The molecule has 2 aromatic rings. The van der Waals surface area contributed by atoms with Crippen LogP contribution in [-0.4, -0.2) is 21.5 Å². The highest BCUT2D eigenvalue weighted by Crippen LogP contribution is 2.31. The van der Waals surface area contributed by atoms with E-state index in [1.54, 1.807) is 19.1 Å². The Balaban J connectivity index is 2.38. The maximum Gasteiger partial charge on any atom is 0.342 e. The van der Waals surface area contributed by atoms with Crippen molar-refractivity contribution in [2.24, 2.45) is 0 Å². The summed E-state index contributed by atoms with van der Waals surface area (Å²) in [5, 5.41) is 1.48. The van der Waals surface area contributed by atoms with Gasteiger partial charge in [-0.1, -0.05) is 17.7 Å². The number of carbonyl (C=O) groups excluding carboxylic acids is 1. The molecule has 1 aromatic carbocycles. The highest BCUT2D eigenvalue weighted by molar-refractivity contribution is 7.87. The first-order chi connectivity index (χ1) is 9.85. The minimum absolute atomic E-state index is 0.00933. The van der Waals surface area contributed by atoms with Crippen LogP contribution < -0.4 is 4.18 Å². The molecular formula is C14H14O5S2. The number of carbonyl (C=O) groups is 1. The van der Waals surface area contributed by atoms with Gasteiger partial charge in [0.05, 0.1) is 7.11 Å². The van der Waals surface area contributed by atoms with Gasteiger partial charge in [0, 0.05) is 10.3 Å². The number of benzene rings is 1. The number of thiophene rings is 1. The summed E-state index contributed by atoms with van der Waals surface area (Å²) in [4.78, 5) is 12.4. The van der Waals surface area contributed by atoms with Gasteiger partial charge in [0.25, 0.3) is 0 Å². The third-order valence-electron chi connectivity index (χ3n) is 2.84. The Morgan fingerprint density at radius 1 is 1.14 bits per heavy atom. The van der Waals surface area contributed by atoms with Crippen molar-refractivity contribution in [2.75, 3.05) is 7.11 Å². The third kappa shape index (κ3) is 3.25. The Bertz CT molecular complexity index is 757. The largest absolute Gasteiger partial charge is 0.465 e. The second-order valence-electron chi connectivity index (χ2n) is 4.37. The lowest BCUT2D eigenvalue weighted by atomic mass is 10.2. The zero-order valence-corrected chi connectivity index (χ0v) is 13.4. The second kappa shape index (κ2) is 5.87. The van der Waals surface area contributed by atoms with Crippen LogP contribution in [0.1, 0.15) is 20.8 Å². The van der Waals surface area contributed by atoms with Crippen molar-refractivity contribution in [3.05, 3.63) is 45.6 Å². The van der Waals surface area contributed by atoms with Crippen LogP contribution in [0.25, 0.3) is 0 Å². The normalized spacial score (nSPS) is 11.2. The zero-order chi connectivity index (χ0) is 15.6. The average Bonchev–Trinajstić information content (AvgIpc) is 2.79. The van der Waals surface area contributed by atoms with Crippen molar-refractivity contribution < 1.29 is 22.1 Å². The summed E-state index contributed by atoms with van der Waals surface area (Å²) in [6, 6.07) is 6.27. The van der Waals surface area contributed by atoms with Gasteiger partial charge in [0.1, 0.15) is 10.5 Å². The molecule has 1 aromatic heterocycles. The van der Waals surface area contributed by atoms with E-state index in [0.717, 1.165) is 5.56 Å². The molecule has 112 valence electrons. The van der Waals surface area contributed by atoms with E-state index in [1.165, 1.54) is 36.0 Å². The summed E-state index contributed by atoms with van der Waals surface area (Å²) in [5.41, 5.74) is 1.08. The van der Waals surface area contributed by atoms with E-state index >= 15 is 0 Å². The monoisotopic (exact) mass is 326 g/mol. The summed E-state index contributed by atoms with van der Waals surface area (Å²) in [5.74, 6) is -0.632. The Kier molecular flexibility index (Phi) is 4.34. The van der Waals surface area contributed by atoms with Crippen LogP contribution in [0, 0.1) is 13.8 Å². The van der Waals surface area contributed by atoms with Crippen molar-refractivity contribution in [1.29, 1.82) is 0 Å².